The second-order valence-corrected chi connectivity index (χ2v) is 3.82. The third kappa shape index (κ3) is 2.68. The fourth-order valence-electron chi connectivity index (χ4n) is 1.79. The van der Waals surface area contributed by atoms with Crippen LogP contribution >= 0.6 is 0 Å². The van der Waals surface area contributed by atoms with Gasteiger partial charge in [-0.05, 0) is 37.1 Å². The van der Waals surface area contributed by atoms with Crippen molar-refractivity contribution >= 4 is 6.08 Å². The smallest absolute Gasteiger partial charge is 0.0991 e. The Kier molecular flexibility index (Phi) is 3.16. The average Bonchev–Trinajstić information content (AvgIpc) is 2.31. The van der Waals surface area contributed by atoms with Gasteiger partial charge in [0.1, 0.15) is 0 Å². The van der Waals surface area contributed by atoms with E-state index in [9.17, 15) is 0 Å². The van der Waals surface area contributed by atoms with E-state index in [2.05, 4.69) is 17.5 Å². The van der Waals surface area contributed by atoms with Gasteiger partial charge in [-0.15, -0.1) is 0 Å². The first-order valence-corrected chi connectivity index (χ1v) is 5.29. The van der Waals surface area contributed by atoms with Gasteiger partial charge in [0.05, 0.1) is 11.6 Å². The van der Waals surface area contributed by atoms with Crippen LogP contribution in [0.4, 0.5) is 0 Å². The second kappa shape index (κ2) is 4.77. The van der Waals surface area contributed by atoms with Crippen molar-refractivity contribution in [2.45, 2.75) is 12.8 Å². The van der Waals surface area contributed by atoms with Crippen LogP contribution in [0.1, 0.15) is 24.0 Å². The predicted octanol–water partition coefficient (Wildman–Crippen LogP) is 2.33. The summed E-state index contributed by atoms with van der Waals surface area (Å²) in [4.78, 5) is 0. The summed E-state index contributed by atoms with van der Waals surface area (Å²) in [6.07, 6.45) is 4.63. The quantitative estimate of drug-likeness (QED) is 0.751. The SMILES string of the molecule is N#Cc1ccc(/C=C2/CCCNC2)cc1. The zero-order valence-corrected chi connectivity index (χ0v) is 8.66. The van der Waals surface area contributed by atoms with Gasteiger partial charge in [0.15, 0.2) is 0 Å². The van der Waals surface area contributed by atoms with Crippen molar-refractivity contribution in [2.75, 3.05) is 13.1 Å². The lowest BCUT2D eigenvalue weighted by atomic mass is 10.0. The molecule has 0 amide bonds. The van der Waals surface area contributed by atoms with Crippen LogP contribution in [0.25, 0.3) is 6.08 Å². The maximum atomic E-state index is 8.67. The topological polar surface area (TPSA) is 35.8 Å². The molecule has 2 heteroatoms. The minimum absolute atomic E-state index is 0.721. The highest BCUT2D eigenvalue weighted by atomic mass is 14.9. The molecule has 0 unspecified atom stereocenters. The molecule has 1 fully saturated rings. The van der Waals surface area contributed by atoms with E-state index in [0.717, 1.165) is 18.7 Å². The molecule has 1 aliphatic heterocycles. The van der Waals surface area contributed by atoms with E-state index in [1.807, 2.05) is 24.3 Å². The molecule has 0 aromatic heterocycles. The molecule has 0 atom stereocenters. The maximum Gasteiger partial charge on any atom is 0.0991 e. The highest BCUT2D eigenvalue weighted by molar-refractivity contribution is 5.54. The fraction of sp³-hybridized carbons (Fsp3) is 0.308. The molecule has 1 N–H and O–H groups in total. The van der Waals surface area contributed by atoms with Crippen LogP contribution in [0.5, 0.6) is 0 Å². The van der Waals surface area contributed by atoms with Crippen LogP contribution in [0.3, 0.4) is 0 Å². The molecular weight excluding hydrogens is 184 g/mol. The van der Waals surface area contributed by atoms with E-state index >= 15 is 0 Å². The minimum atomic E-state index is 0.721. The summed E-state index contributed by atoms with van der Waals surface area (Å²) in [6.45, 7) is 2.13. The van der Waals surface area contributed by atoms with Crippen LogP contribution in [-0.2, 0) is 0 Å². The molecule has 0 bridgehead atoms. The van der Waals surface area contributed by atoms with Crippen molar-refractivity contribution in [3.63, 3.8) is 0 Å². The van der Waals surface area contributed by atoms with E-state index in [0.29, 0.717) is 0 Å². The predicted molar refractivity (Wildman–Crippen MR) is 61.2 cm³/mol. The first kappa shape index (κ1) is 9.95. The van der Waals surface area contributed by atoms with Crippen LogP contribution < -0.4 is 5.32 Å². The first-order valence-electron chi connectivity index (χ1n) is 5.29. The van der Waals surface area contributed by atoms with Crippen LogP contribution in [0.15, 0.2) is 29.8 Å². The Morgan fingerprint density at radius 3 is 2.67 bits per heavy atom. The van der Waals surface area contributed by atoms with Gasteiger partial charge < -0.3 is 5.32 Å². The molecule has 2 nitrogen and oxygen atoms in total. The van der Waals surface area contributed by atoms with Gasteiger partial charge in [0.25, 0.3) is 0 Å². The third-order valence-corrected chi connectivity index (χ3v) is 2.61. The van der Waals surface area contributed by atoms with Gasteiger partial charge in [-0.25, -0.2) is 0 Å². The lowest BCUT2D eigenvalue weighted by molar-refractivity contribution is 0.613. The Hall–Kier alpha value is -1.59. The molecule has 1 aromatic rings. The van der Waals surface area contributed by atoms with Crippen molar-refractivity contribution in [3.05, 3.63) is 41.0 Å². The van der Waals surface area contributed by atoms with E-state index in [1.54, 1.807) is 0 Å². The van der Waals surface area contributed by atoms with Gasteiger partial charge in [-0.3, -0.25) is 0 Å². The summed E-state index contributed by atoms with van der Waals surface area (Å²) in [5.74, 6) is 0. The van der Waals surface area contributed by atoms with Crippen LogP contribution in [-0.4, -0.2) is 13.1 Å². The molecule has 1 aliphatic rings. The molecule has 0 saturated carbocycles. The molecule has 2 rings (SSSR count). The van der Waals surface area contributed by atoms with E-state index in [4.69, 9.17) is 5.26 Å². The Balaban J connectivity index is 2.12. The summed E-state index contributed by atoms with van der Waals surface area (Å²) in [5.41, 5.74) is 3.36. The summed E-state index contributed by atoms with van der Waals surface area (Å²) >= 11 is 0. The Morgan fingerprint density at radius 2 is 2.07 bits per heavy atom. The van der Waals surface area contributed by atoms with Crippen molar-refractivity contribution in [1.29, 1.82) is 5.26 Å². The Labute approximate surface area is 90.2 Å². The zero-order valence-electron chi connectivity index (χ0n) is 8.66. The molecule has 1 heterocycles. The van der Waals surface area contributed by atoms with Crippen molar-refractivity contribution < 1.29 is 0 Å². The largest absolute Gasteiger partial charge is 0.313 e. The molecule has 15 heavy (non-hydrogen) atoms. The van der Waals surface area contributed by atoms with Gasteiger partial charge in [-0.1, -0.05) is 23.8 Å². The second-order valence-electron chi connectivity index (χ2n) is 3.82. The van der Waals surface area contributed by atoms with Crippen LogP contribution in [0.2, 0.25) is 0 Å². The first-order chi connectivity index (χ1) is 7.38. The van der Waals surface area contributed by atoms with Gasteiger partial charge >= 0.3 is 0 Å². The highest BCUT2D eigenvalue weighted by Crippen LogP contribution is 2.14. The van der Waals surface area contributed by atoms with Crippen molar-refractivity contribution in [2.24, 2.45) is 0 Å². The molecular formula is C13H14N2. The van der Waals surface area contributed by atoms with E-state index in [1.165, 1.54) is 24.0 Å². The number of hydrogen-bond acceptors (Lipinski definition) is 2. The van der Waals surface area contributed by atoms with Gasteiger partial charge in [0.2, 0.25) is 0 Å². The lowest BCUT2D eigenvalue weighted by Gasteiger charge is -2.15. The maximum absolute atomic E-state index is 8.67. The van der Waals surface area contributed by atoms with E-state index in [-0.39, 0.29) is 0 Å². The molecule has 1 saturated heterocycles. The van der Waals surface area contributed by atoms with Gasteiger partial charge in [0, 0.05) is 6.54 Å². The van der Waals surface area contributed by atoms with Crippen molar-refractivity contribution in [1.82, 2.24) is 5.32 Å². The lowest BCUT2D eigenvalue weighted by Crippen LogP contribution is -2.23. The number of piperidine rings is 1. The number of hydrogen-bond donors (Lipinski definition) is 1. The Bertz CT molecular complexity index is 388. The zero-order chi connectivity index (χ0) is 10.5. The molecule has 0 spiro atoms. The summed E-state index contributed by atoms with van der Waals surface area (Å²) in [6, 6.07) is 9.85. The molecule has 0 radical (unpaired) electrons. The van der Waals surface area contributed by atoms with Gasteiger partial charge in [-0.2, -0.15) is 5.26 Å². The van der Waals surface area contributed by atoms with Crippen LogP contribution in [0, 0.1) is 11.3 Å². The summed E-state index contributed by atoms with van der Waals surface area (Å²) in [7, 11) is 0. The number of nitrogens with zero attached hydrogens (tertiary/aromatic N) is 1. The number of nitrogens with one attached hydrogen (secondary N) is 1. The van der Waals surface area contributed by atoms with Crippen molar-refractivity contribution in [3.8, 4) is 6.07 Å². The normalized spacial score (nSPS) is 18.7. The minimum Gasteiger partial charge on any atom is -0.313 e. The molecule has 1 aromatic carbocycles. The fourth-order valence-corrected chi connectivity index (χ4v) is 1.79. The monoisotopic (exact) mass is 198 g/mol. The third-order valence-electron chi connectivity index (χ3n) is 2.61. The molecule has 76 valence electrons. The number of nitriles is 1. The summed E-state index contributed by atoms with van der Waals surface area (Å²) < 4.78 is 0. The number of rotatable bonds is 1. The van der Waals surface area contributed by atoms with E-state index < -0.39 is 0 Å². The Morgan fingerprint density at radius 1 is 1.27 bits per heavy atom. The highest BCUT2D eigenvalue weighted by Gasteiger charge is 2.03. The molecule has 0 aliphatic carbocycles. The average molecular weight is 198 g/mol. The standard InChI is InChI=1S/C13H14N2/c14-9-12-5-3-11(4-6-12)8-13-2-1-7-15-10-13/h3-6,8,15H,1-2,7,10H2/b13-8-. The number of benzene rings is 1. The summed E-state index contributed by atoms with van der Waals surface area (Å²) in [5, 5.41) is 12.0.